The average molecular weight is 438 g/mol. The van der Waals surface area contributed by atoms with Crippen LogP contribution in [-0.4, -0.2) is 43.0 Å². The maximum atomic E-state index is 14.6. The summed E-state index contributed by atoms with van der Waals surface area (Å²) >= 11 is 0. The Kier molecular flexibility index (Phi) is 5.27. The van der Waals surface area contributed by atoms with Crippen LogP contribution in [0.25, 0.3) is 0 Å². The number of carbonyl (C=O) groups excluding carboxylic acids is 1. The van der Waals surface area contributed by atoms with Crippen molar-refractivity contribution in [3.63, 3.8) is 0 Å². The molecule has 1 aliphatic rings. The molecule has 2 atom stereocenters. The van der Waals surface area contributed by atoms with Crippen molar-refractivity contribution < 1.29 is 26.7 Å². The lowest BCUT2D eigenvalue weighted by Crippen LogP contribution is -2.54. The summed E-state index contributed by atoms with van der Waals surface area (Å²) in [5.41, 5.74) is 4.00. The SMILES string of the molecule is COc1ccc(C(=O)Nc2ccc(F)c([C@]3(C)CS(=O)(=O)[C@@](C)(F)C(N)=N3)c2)nc1. The first-order valence-corrected chi connectivity index (χ1v) is 10.4. The van der Waals surface area contributed by atoms with E-state index >= 15 is 0 Å². The van der Waals surface area contributed by atoms with E-state index in [1.807, 2.05) is 0 Å². The topological polar surface area (TPSA) is 124 Å². The minimum absolute atomic E-state index is 0.0867. The molecule has 0 radical (unpaired) electrons. The first-order valence-electron chi connectivity index (χ1n) is 8.78. The fourth-order valence-electron chi connectivity index (χ4n) is 3.05. The number of hydrogen-bond donors (Lipinski definition) is 2. The van der Waals surface area contributed by atoms with Gasteiger partial charge in [0.25, 0.3) is 10.9 Å². The van der Waals surface area contributed by atoms with E-state index in [9.17, 15) is 22.0 Å². The van der Waals surface area contributed by atoms with Crippen LogP contribution in [0.3, 0.4) is 0 Å². The Balaban J connectivity index is 1.95. The van der Waals surface area contributed by atoms with Crippen LogP contribution in [0.1, 0.15) is 29.9 Å². The van der Waals surface area contributed by atoms with Gasteiger partial charge in [0.15, 0.2) is 9.84 Å². The Hall–Kier alpha value is -3.08. The van der Waals surface area contributed by atoms with E-state index in [2.05, 4.69) is 15.3 Å². The van der Waals surface area contributed by atoms with Crippen molar-refractivity contribution in [2.75, 3.05) is 18.2 Å². The number of ether oxygens (including phenoxy) is 1. The van der Waals surface area contributed by atoms with Crippen molar-refractivity contribution in [3.8, 4) is 5.75 Å². The number of halogens is 2. The van der Waals surface area contributed by atoms with Crippen LogP contribution in [0.5, 0.6) is 5.75 Å². The Bertz CT molecular complexity index is 1130. The third kappa shape index (κ3) is 3.72. The zero-order valence-electron chi connectivity index (χ0n) is 16.4. The number of amidine groups is 1. The largest absolute Gasteiger partial charge is 0.495 e. The predicted molar refractivity (Wildman–Crippen MR) is 107 cm³/mol. The van der Waals surface area contributed by atoms with Crippen molar-refractivity contribution in [2.24, 2.45) is 10.7 Å². The van der Waals surface area contributed by atoms with Crippen molar-refractivity contribution in [1.29, 1.82) is 0 Å². The summed E-state index contributed by atoms with van der Waals surface area (Å²) in [4.78, 5) is 20.3. The van der Waals surface area contributed by atoms with Crippen LogP contribution < -0.4 is 15.8 Å². The van der Waals surface area contributed by atoms with Crippen LogP contribution >= 0.6 is 0 Å². The first-order chi connectivity index (χ1) is 13.9. The predicted octanol–water partition coefficient (Wildman–Crippen LogP) is 2.17. The zero-order valence-corrected chi connectivity index (χ0v) is 17.3. The van der Waals surface area contributed by atoms with Gasteiger partial charge in [-0.3, -0.25) is 9.79 Å². The lowest BCUT2D eigenvalue weighted by atomic mass is 9.93. The van der Waals surface area contributed by atoms with Gasteiger partial charge in [0, 0.05) is 11.3 Å². The number of pyridine rings is 1. The van der Waals surface area contributed by atoms with Gasteiger partial charge in [0.05, 0.1) is 19.1 Å². The Morgan fingerprint density at radius 3 is 2.53 bits per heavy atom. The number of carbonyl (C=O) groups is 1. The molecule has 0 saturated heterocycles. The number of rotatable bonds is 4. The molecule has 0 spiro atoms. The van der Waals surface area contributed by atoms with Gasteiger partial charge in [-0.2, -0.15) is 0 Å². The fraction of sp³-hybridized carbons (Fsp3) is 0.316. The summed E-state index contributed by atoms with van der Waals surface area (Å²) in [6.07, 6.45) is 1.37. The van der Waals surface area contributed by atoms with Gasteiger partial charge in [-0.25, -0.2) is 22.2 Å². The molecule has 30 heavy (non-hydrogen) atoms. The van der Waals surface area contributed by atoms with Gasteiger partial charge >= 0.3 is 0 Å². The van der Waals surface area contributed by atoms with E-state index in [1.54, 1.807) is 6.07 Å². The van der Waals surface area contributed by atoms with Crippen molar-refractivity contribution in [1.82, 2.24) is 4.98 Å². The summed E-state index contributed by atoms with van der Waals surface area (Å²) < 4.78 is 58.8. The normalized spacial score (nSPS) is 25.3. The summed E-state index contributed by atoms with van der Waals surface area (Å²) in [6, 6.07) is 6.59. The fourth-order valence-corrected chi connectivity index (χ4v) is 4.64. The molecule has 0 fully saturated rings. The van der Waals surface area contributed by atoms with E-state index in [-0.39, 0.29) is 16.9 Å². The summed E-state index contributed by atoms with van der Waals surface area (Å²) in [5.74, 6) is -2.42. The number of sulfone groups is 1. The van der Waals surface area contributed by atoms with Crippen LogP contribution in [0.4, 0.5) is 14.5 Å². The van der Waals surface area contributed by atoms with Crippen molar-refractivity contribution in [2.45, 2.75) is 24.4 Å². The number of nitrogens with zero attached hydrogens (tertiary/aromatic N) is 2. The molecule has 1 aromatic heterocycles. The number of anilines is 1. The number of nitrogens with one attached hydrogen (secondary N) is 1. The number of amides is 1. The maximum absolute atomic E-state index is 14.6. The summed E-state index contributed by atoms with van der Waals surface area (Å²) in [5, 5.41) is -0.283. The lowest BCUT2D eigenvalue weighted by Gasteiger charge is -2.35. The highest BCUT2D eigenvalue weighted by Gasteiger charge is 2.53. The second-order valence-corrected chi connectivity index (χ2v) is 9.46. The molecule has 1 aliphatic heterocycles. The first kappa shape index (κ1) is 21.6. The average Bonchev–Trinajstić information content (AvgIpc) is 2.67. The van der Waals surface area contributed by atoms with E-state index < -0.39 is 43.7 Å². The molecule has 0 saturated carbocycles. The van der Waals surface area contributed by atoms with Gasteiger partial charge in [-0.1, -0.05) is 0 Å². The molecule has 8 nitrogen and oxygen atoms in total. The minimum atomic E-state index is -4.37. The van der Waals surface area contributed by atoms with E-state index in [1.165, 1.54) is 38.4 Å². The monoisotopic (exact) mass is 438 g/mol. The maximum Gasteiger partial charge on any atom is 0.274 e. The van der Waals surface area contributed by atoms with Gasteiger partial charge in [0.2, 0.25) is 0 Å². The molecule has 160 valence electrons. The molecule has 2 heterocycles. The summed E-state index contributed by atoms with van der Waals surface area (Å²) in [6.45, 7) is 2.14. The van der Waals surface area contributed by atoms with Gasteiger partial charge in [-0.15, -0.1) is 0 Å². The van der Waals surface area contributed by atoms with E-state index in [4.69, 9.17) is 10.5 Å². The quantitative estimate of drug-likeness (QED) is 0.754. The molecule has 0 aliphatic carbocycles. The Morgan fingerprint density at radius 2 is 1.97 bits per heavy atom. The summed E-state index contributed by atoms with van der Waals surface area (Å²) in [7, 11) is -2.90. The van der Waals surface area contributed by atoms with Crippen LogP contribution in [-0.2, 0) is 15.4 Å². The highest BCUT2D eigenvalue weighted by atomic mass is 32.2. The Labute approximate surface area is 172 Å². The number of alkyl halides is 1. The van der Waals surface area contributed by atoms with Crippen LogP contribution in [0.2, 0.25) is 0 Å². The third-order valence-electron chi connectivity index (χ3n) is 4.89. The number of nitrogens with two attached hydrogens (primary N) is 1. The smallest absolute Gasteiger partial charge is 0.274 e. The highest BCUT2D eigenvalue weighted by Crippen LogP contribution is 2.39. The number of aliphatic imine (C=N–C) groups is 1. The molecule has 11 heteroatoms. The number of methoxy groups -OCH3 is 1. The molecule has 2 aromatic rings. The standard InChI is InChI=1S/C19H20F2N4O4S/c1-18(10-30(27,28)19(2,21)17(22)25-18)13-8-11(4-6-14(13)20)24-16(26)15-7-5-12(29-3)9-23-15/h4-9H,10H2,1-3H3,(H2,22,25)(H,24,26)/t18-,19+/m0/s1. The van der Waals surface area contributed by atoms with Crippen LogP contribution in [0.15, 0.2) is 41.5 Å². The zero-order chi connectivity index (χ0) is 22.3. The van der Waals surface area contributed by atoms with Gasteiger partial charge in [0.1, 0.15) is 28.6 Å². The van der Waals surface area contributed by atoms with Crippen molar-refractivity contribution in [3.05, 3.63) is 53.6 Å². The second-order valence-electron chi connectivity index (χ2n) is 7.18. The second kappa shape index (κ2) is 7.31. The van der Waals surface area contributed by atoms with Crippen LogP contribution in [0, 0.1) is 5.82 Å². The molecule has 1 aromatic carbocycles. The van der Waals surface area contributed by atoms with Crippen molar-refractivity contribution >= 4 is 27.3 Å². The minimum Gasteiger partial charge on any atom is -0.495 e. The molecule has 3 rings (SSSR count). The molecule has 0 bridgehead atoms. The number of benzene rings is 1. The highest BCUT2D eigenvalue weighted by molar-refractivity contribution is 7.93. The third-order valence-corrected chi connectivity index (χ3v) is 7.21. The molecular formula is C19H20F2N4O4S. The number of hydrogen-bond acceptors (Lipinski definition) is 7. The van der Waals surface area contributed by atoms with E-state index in [0.717, 1.165) is 13.0 Å². The lowest BCUT2D eigenvalue weighted by molar-refractivity contribution is 0.102. The Morgan fingerprint density at radius 1 is 1.27 bits per heavy atom. The molecule has 1 amide bonds. The molecule has 3 N–H and O–H groups in total. The molecule has 0 unspecified atom stereocenters. The van der Waals surface area contributed by atoms with Gasteiger partial charge in [-0.05, 0) is 44.2 Å². The van der Waals surface area contributed by atoms with E-state index in [0.29, 0.717) is 5.75 Å². The number of aromatic nitrogens is 1. The van der Waals surface area contributed by atoms with Gasteiger partial charge < -0.3 is 15.8 Å². The molecular weight excluding hydrogens is 418 g/mol.